The van der Waals surface area contributed by atoms with Crippen LogP contribution in [0.2, 0.25) is 0 Å². The second-order valence-electron chi connectivity index (χ2n) is 2.89. The average molecular weight is 323 g/mol. The number of aliphatic carboxylic acids is 3. The van der Waals surface area contributed by atoms with E-state index in [4.69, 9.17) is 20.4 Å². The molecule has 0 saturated heterocycles. The van der Waals surface area contributed by atoms with Crippen molar-refractivity contribution in [2.45, 2.75) is 18.4 Å². The number of aliphatic hydroxyl groups is 1. The standard InChI is InChI=1S/C6H8O7.Ca.Mg.H2P.H3Si.2H/c7-3(8)1-6(13,5(11)12)2-4(9)10;;;;;;/h13H,1-2H2,(H,7,8)(H,9,10)(H,11,12);;;1H2;1H3;;/q;;+1;-1;;;. The molecule has 4 N–H and O–H groups in total. The third-order valence-electron chi connectivity index (χ3n) is 1.29. The van der Waals surface area contributed by atoms with E-state index in [9.17, 15) is 14.4 Å². The zero-order valence-electron chi connectivity index (χ0n) is 8.71. The molecule has 1 atom stereocenters. The topological polar surface area (TPSA) is 132 Å². The fraction of sp³-hybridized carbons (Fsp3) is 0.500. The van der Waals surface area contributed by atoms with Gasteiger partial charge < -0.3 is 20.4 Å². The summed E-state index contributed by atoms with van der Waals surface area (Å²) in [6.07, 6.45) is -2.29. The van der Waals surface area contributed by atoms with Crippen molar-refractivity contribution >= 4 is 89.6 Å². The van der Waals surface area contributed by atoms with Crippen molar-refractivity contribution in [2.24, 2.45) is 0 Å². The van der Waals surface area contributed by atoms with E-state index in [-0.39, 0.29) is 37.7 Å². The van der Waals surface area contributed by atoms with Crippen molar-refractivity contribution in [3.63, 3.8) is 0 Å². The summed E-state index contributed by atoms with van der Waals surface area (Å²) < 4.78 is 0. The fourth-order valence-corrected chi connectivity index (χ4v) is 0.714. The molecule has 0 spiro atoms. The van der Waals surface area contributed by atoms with Crippen molar-refractivity contribution in [1.82, 2.24) is 0 Å². The Morgan fingerprint density at radius 1 is 1.12 bits per heavy atom. The first-order valence-corrected chi connectivity index (χ1v) is 13.2. The van der Waals surface area contributed by atoms with Gasteiger partial charge in [-0.15, -0.1) is 0 Å². The second-order valence-corrected chi connectivity index (χ2v) is 13.5. The Morgan fingerprint density at radius 2 is 1.35 bits per heavy atom. The summed E-state index contributed by atoms with van der Waals surface area (Å²) in [5.41, 5.74) is -2.74. The molecular formula is C6H15CaMgO7PSi. The van der Waals surface area contributed by atoms with Gasteiger partial charge in [-0.2, -0.15) is 0 Å². The monoisotopic (exact) mass is 322 g/mol. The van der Waals surface area contributed by atoms with Crippen molar-refractivity contribution in [3.05, 3.63) is 0 Å². The summed E-state index contributed by atoms with van der Waals surface area (Å²) in [5, 5.41) is 33.8. The Kier molecular flexibility index (Phi) is 16.5. The molecule has 0 aliphatic carbocycles. The molecule has 1 unspecified atom stereocenters. The minimum absolute atomic E-state index is 0. The van der Waals surface area contributed by atoms with Crippen LogP contribution in [0.25, 0.3) is 0 Å². The average Bonchev–Trinajstić information content (AvgIpc) is 2.01. The third-order valence-corrected chi connectivity index (χ3v) is 1.29. The number of carboxylic acid groups (broad SMARTS) is 3. The predicted octanol–water partition coefficient (Wildman–Crippen LogP) is -3.40. The van der Waals surface area contributed by atoms with Crippen LogP contribution in [0, 0.1) is 0 Å². The van der Waals surface area contributed by atoms with E-state index < -0.39 is 36.4 Å². The molecule has 0 aliphatic heterocycles. The summed E-state index contributed by atoms with van der Waals surface area (Å²) >= 11 is 0.472. The van der Waals surface area contributed by atoms with E-state index >= 15 is 0 Å². The molecule has 0 aromatic carbocycles. The van der Waals surface area contributed by atoms with Crippen LogP contribution < -0.4 is 0 Å². The van der Waals surface area contributed by atoms with Gasteiger partial charge in [-0.25, -0.2) is 4.79 Å². The molecule has 0 aliphatic rings. The van der Waals surface area contributed by atoms with Crippen LogP contribution in [0.1, 0.15) is 12.8 Å². The number of hydrogen-bond acceptors (Lipinski definition) is 4. The molecule has 0 rings (SSSR count). The quantitative estimate of drug-likeness (QED) is 0.306. The molecule has 0 aromatic heterocycles. The van der Waals surface area contributed by atoms with E-state index in [0.29, 0.717) is 19.1 Å². The first-order chi connectivity index (χ1) is 7.19. The molecule has 17 heavy (non-hydrogen) atoms. The number of carboxylic acids is 3. The Labute approximate surface area is 141 Å². The van der Waals surface area contributed by atoms with Crippen LogP contribution >= 0.6 is 7.03 Å². The Bertz CT molecular complexity index is 261. The Morgan fingerprint density at radius 3 is 1.47 bits per heavy atom. The summed E-state index contributed by atoms with van der Waals surface area (Å²) in [5.74, 6) is -5.02. The van der Waals surface area contributed by atoms with Gasteiger partial charge in [0, 0.05) is 0 Å². The third kappa shape index (κ3) is 13.3. The summed E-state index contributed by atoms with van der Waals surface area (Å²) in [7, 11) is 4.25. The van der Waals surface area contributed by atoms with Gasteiger partial charge in [0.2, 0.25) is 0 Å². The van der Waals surface area contributed by atoms with Crippen LogP contribution in [0.15, 0.2) is 0 Å². The maximum absolute atomic E-state index is 10.3. The molecule has 0 fully saturated rings. The van der Waals surface area contributed by atoms with Gasteiger partial charge in [-0.05, 0) is 0 Å². The molecule has 7 nitrogen and oxygen atoms in total. The minimum Gasteiger partial charge on any atom is -0.271 e. The van der Waals surface area contributed by atoms with Crippen LogP contribution in [0.4, 0.5) is 0 Å². The van der Waals surface area contributed by atoms with Crippen LogP contribution in [0.3, 0.4) is 0 Å². The van der Waals surface area contributed by atoms with Crippen molar-refractivity contribution < 1.29 is 34.8 Å². The van der Waals surface area contributed by atoms with Gasteiger partial charge in [0.05, 0.1) is 12.8 Å². The van der Waals surface area contributed by atoms with Crippen molar-refractivity contribution in [2.75, 3.05) is 0 Å². The first kappa shape index (κ1) is 23.2. The molecule has 0 saturated carbocycles. The second kappa shape index (κ2) is 12.1. The number of rotatable bonds is 5. The van der Waals surface area contributed by atoms with Crippen molar-refractivity contribution in [1.29, 1.82) is 0 Å². The van der Waals surface area contributed by atoms with E-state index in [1.54, 1.807) is 0 Å². The molecule has 11 heteroatoms. The fourth-order valence-electron chi connectivity index (χ4n) is 0.714. The molecule has 0 bridgehead atoms. The van der Waals surface area contributed by atoms with Crippen LogP contribution in [-0.4, -0.2) is 109 Å². The SMILES string of the molecule is O=C(O)CC(O)(CC(=O)O)C(=O)O.[CaH2].[SiH3][Mg][PH2]. The van der Waals surface area contributed by atoms with Crippen molar-refractivity contribution in [3.8, 4) is 0 Å². The minimum atomic E-state index is -2.74. The van der Waals surface area contributed by atoms with E-state index in [2.05, 4.69) is 7.03 Å². The summed E-state index contributed by atoms with van der Waals surface area (Å²) in [4.78, 5) is 30.5. The molecule has 0 aromatic rings. The van der Waals surface area contributed by atoms with E-state index in [0.717, 1.165) is 0 Å². The first-order valence-electron chi connectivity index (χ1n) is 4.29. The van der Waals surface area contributed by atoms with Crippen LogP contribution in [0.5, 0.6) is 0 Å². The summed E-state index contributed by atoms with van der Waals surface area (Å²) in [6, 6.07) is 0. The largest absolute Gasteiger partial charge is 0.381 e. The molecule has 0 heterocycles. The van der Waals surface area contributed by atoms with Gasteiger partial charge in [0.1, 0.15) is 0 Å². The number of hydrogen-bond donors (Lipinski definition) is 4. The van der Waals surface area contributed by atoms with Gasteiger partial charge in [-0.3, -0.25) is 16.6 Å². The van der Waals surface area contributed by atoms with Gasteiger partial charge in [-0.1, -0.05) is 7.89 Å². The van der Waals surface area contributed by atoms with E-state index in [1.165, 1.54) is 7.89 Å². The Hall–Kier alpha value is 1.04. The Balaban J connectivity index is -0.000000440. The molecule has 94 valence electrons. The maximum atomic E-state index is 10.3. The zero-order valence-corrected chi connectivity index (χ0v) is 13.3. The summed E-state index contributed by atoms with van der Waals surface area (Å²) in [6.45, 7) is 0. The maximum Gasteiger partial charge on any atom is 0.381 e. The normalized spacial score (nSPS) is 9.06. The van der Waals surface area contributed by atoms with Gasteiger partial charge in [0.15, 0.2) is 5.60 Å². The zero-order chi connectivity index (χ0) is 13.4. The van der Waals surface area contributed by atoms with E-state index in [1.807, 2.05) is 0 Å². The smallest absolute Gasteiger partial charge is 0.271 e. The van der Waals surface area contributed by atoms with Gasteiger partial charge in [0.25, 0.3) is 0 Å². The molecule has 0 amide bonds. The molecular weight excluding hydrogens is 308 g/mol. The predicted molar refractivity (Wildman–Crippen MR) is 71.0 cm³/mol. The number of carbonyl (C=O) groups is 3. The molecule has 0 radical (unpaired) electrons. The van der Waals surface area contributed by atoms with Gasteiger partial charge >= 0.3 is 74.7 Å². The van der Waals surface area contributed by atoms with Crippen LogP contribution in [-0.2, 0) is 14.4 Å².